The van der Waals surface area contributed by atoms with Crippen molar-refractivity contribution < 1.29 is 14.3 Å². The van der Waals surface area contributed by atoms with E-state index in [0.717, 1.165) is 12.1 Å². The summed E-state index contributed by atoms with van der Waals surface area (Å²) in [7, 11) is 0. The van der Waals surface area contributed by atoms with Gasteiger partial charge in [0.05, 0.1) is 28.2 Å². The number of nitrogens with two attached hydrogens (primary N) is 2. The van der Waals surface area contributed by atoms with Crippen molar-refractivity contribution in [3.8, 4) is 5.75 Å². The molecule has 6 N–H and O–H groups in total. The Bertz CT molecular complexity index is 1230. The average molecular weight is 426 g/mol. The van der Waals surface area contributed by atoms with Crippen LogP contribution in [0.25, 0.3) is 10.9 Å². The summed E-state index contributed by atoms with van der Waals surface area (Å²) in [6.45, 7) is 2.59. The van der Waals surface area contributed by atoms with Gasteiger partial charge >= 0.3 is 0 Å². The SMILES string of the molecule is C[C@H]1COc2c(NCCCc3ccccn3)c(F)c(N)c3c(=O)c(C(N)=NO)cn1c23. The largest absolute Gasteiger partial charge is 0.487 e. The molecule has 0 bridgehead atoms. The van der Waals surface area contributed by atoms with E-state index in [0.29, 0.717) is 18.5 Å². The predicted octanol–water partition coefficient (Wildman–Crippen LogP) is 2.21. The maximum atomic E-state index is 15.2. The fourth-order valence-electron chi connectivity index (χ4n) is 3.77. The number of pyridine rings is 2. The second kappa shape index (κ2) is 8.13. The molecule has 3 aromatic rings. The second-order valence-electron chi connectivity index (χ2n) is 7.43. The number of halogens is 1. The van der Waals surface area contributed by atoms with Gasteiger partial charge in [0.1, 0.15) is 12.3 Å². The lowest BCUT2D eigenvalue weighted by molar-refractivity contribution is 0.247. The van der Waals surface area contributed by atoms with Crippen LogP contribution in [-0.2, 0) is 6.42 Å². The number of ether oxygens (including phenoxy) is 1. The van der Waals surface area contributed by atoms with Crippen LogP contribution in [0.3, 0.4) is 0 Å². The third kappa shape index (κ3) is 3.49. The minimum atomic E-state index is -0.768. The Morgan fingerprint density at radius 3 is 3.00 bits per heavy atom. The average Bonchev–Trinajstić information content (AvgIpc) is 2.78. The zero-order valence-corrected chi connectivity index (χ0v) is 16.9. The van der Waals surface area contributed by atoms with Crippen LogP contribution in [-0.4, -0.2) is 33.7 Å². The molecule has 0 saturated carbocycles. The highest BCUT2D eigenvalue weighted by Gasteiger charge is 2.29. The Kier molecular flexibility index (Phi) is 5.37. The molecular weight excluding hydrogens is 403 g/mol. The van der Waals surface area contributed by atoms with Crippen LogP contribution >= 0.6 is 0 Å². The molecule has 162 valence electrons. The van der Waals surface area contributed by atoms with Crippen LogP contribution in [0.1, 0.15) is 30.6 Å². The van der Waals surface area contributed by atoms with Gasteiger partial charge in [0.25, 0.3) is 0 Å². The summed E-state index contributed by atoms with van der Waals surface area (Å²) < 4.78 is 22.8. The maximum absolute atomic E-state index is 15.2. The summed E-state index contributed by atoms with van der Waals surface area (Å²) in [4.78, 5) is 17.2. The van der Waals surface area contributed by atoms with Crippen molar-refractivity contribution in [1.29, 1.82) is 0 Å². The Morgan fingerprint density at radius 2 is 2.29 bits per heavy atom. The summed E-state index contributed by atoms with van der Waals surface area (Å²) in [5.41, 5.74) is 12.2. The van der Waals surface area contributed by atoms with Gasteiger partial charge in [0.2, 0.25) is 5.43 Å². The molecule has 1 atom stereocenters. The third-order valence-electron chi connectivity index (χ3n) is 5.37. The minimum Gasteiger partial charge on any atom is -0.487 e. The number of anilines is 2. The highest BCUT2D eigenvalue weighted by molar-refractivity contribution is 6.05. The zero-order chi connectivity index (χ0) is 22.1. The number of aromatic nitrogens is 2. The molecule has 0 fully saturated rings. The number of hydrogen-bond donors (Lipinski definition) is 4. The fourth-order valence-corrected chi connectivity index (χ4v) is 3.77. The molecule has 0 saturated heterocycles. The summed E-state index contributed by atoms with van der Waals surface area (Å²) in [6, 6.07) is 5.52. The molecule has 9 nitrogen and oxygen atoms in total. The number of rotatable bonds is 6. The molecule has 0 radical (unpaired) electrons. The second-order valence-corrected chi connectivity index (χ2v) is 7.43. The summed E-state index contributed by atoms with van der Waals surface area (Å²) in [6.07, 6.45) is 4.64. The third-order valence-corrected chi connectivity index (χ3v) is 5.37. The van der Waals surface area contributed by atoms with Gasteiger partial charge < -0.3 is 31.3 Å². The number of oxime groups is 1. The minimum absolute atomic E-state index is 0.0535. The predicted molar refractivity (Wildman–Crippen MR) is 116 cm³/mol. The van der Waals surface area contributed by atoms with Gasteiger partial charge in [-0.05, 0) is 31.9 Å². The van der Waals surface area contributed by atoms with E-state index >= 15 is 4.39 Å². The summed E-state index contributed by atoms with van der Waals surface area (Å²) in [5.74, 6) is -0.914. The van der Waals surface area contributed by atoms with E-state index in [2.05, 4.69) is 15.5 Å². The summed E-state index contributed by atoms with van der Waals surface area (Å²) in [5, 5.41) is 14.9. The van der Waals surface area contributed by atoms with Crippen LogP contribution in [0.2, 0.25) is 0 Å². The Morgan fingerprint density at radius 1 is 1.48 bits per heavy atom. The molecule has 0 spiro atoms. The van der Waals surface area contributed by atoms with Gasteiger partial charge in [-0.2, -0.15) is 0 Å². The van der Waals surface area contributed by atoms with E-state index in [1.54, 1.807) is 10.8 Å². The monoisotopic (exact) mass is 426 g/mol. The Labute approximate surface area is 177 Å². The molecule has 0 aliphatic carbocycles. The van der Waals surface area contributed by atoms with Crippen LogP contribution in [0.5, 0.6) is 5.75 Å². The fraction of sp³-hybridized carbons (Fsp3) is 0.286. The lowest BCUT2D eigenvalue weighted by Crippen LogP contribution is -2.30. The van der Waals surface area contributed by atoms with E-state index < -0.39 is 11.2 Å². The molecule has 1 aromatic carbocycles. The highest BCUT2D eigenvalue weighted by Crippen LogP contribution is 2.43. The number of hydrogen-bond acceptors (Lipinski definition) is 7. The number of nitrogen functional groups attached to an aromatic ring is 1. The number of aryl methyl sites for hydroxylation is 1. The van der Waals surface area contributed by atoms with Crippen LogP contribution < -0.4 is 26.9 Å². The lowest BCUT2D eigenvalue weighted by atomic mass is 10.0. The molecule has 3 heterocycles. The van der Waals surface area contributed by atoms with Gasteiger partial charge in [-0.15, -0.1) is 0 Å². The van der Waals surface area contributed by atoms with E-state index in [1.165, 1.54) is 6.20 Å². The smallest absolute Gasteiger partial charge is 0.202 e. The van der Waals surface area contributed by atoms with Crippen molar-refractivity contribution in [2.75, 3.05) is 24.2 Å². The molecule has 0 unspecified atom stereocenters. The molecular formula is C21H23FN6O3. The molecule has 31 heavy (non-hydrogen) atoms. The lowest BCUT2D eigenvalue weighted by Gasteiger charge is -2.29. The quantitative estimate of drug-likeness (QED) is 0.118. The molecule has 10 heteroatoms. The number of amidine groups is 1. The standard InChI is InChI=1S/C21H23FN6O3/c1-11-10-31-20-17(26-8-4-6-12-5-2-3-7-25-12)15(22)16(23)14-18(20)28(11)9-13(19(14)29)21(24)27-30/h2-3,5,7,9,11,26,30H,4,6,8,10,23H2,1H3,(H2,24,27)/t11-/m0/s1. The molecule has 1 aliphatic rings. The van der Waals surface area contributed by atoms with Crippen molar-refractivity contribution in [2.45, 2.75) is 25.8 Å². The highest BCUT2D eigenvalue weighted by atomic mass is 19.1. The van der Waals surface area contributed by atoms with Gasteiger partial charge in [-0.3, -0.25) is 9.78 Å². The first-order valence-corrected chi connectivity index (χ1v) is 9.88. The Balaban J connectivity index is 1.76. The van der Waals surface area contributed by atoms with Crippen molar-refractivity contribution in [1.82, 2.24) is 9.55 Å². The van der Waals surface area contributed by atoms with Gasteiger partial charge in [0, 0.05) is 24.6 Å². The van der Waals surface area contributed by atoms with E-state index in [4.69, 9.17) is 21.4 Å². The Hall–Kier alpha value is -3.82. The normalized spacial score (nSPS) is 15.7. The summed E-state index contributed by atoms with van der Waals surface area (Å²) >= 11 is 0. The number of nitrogens with zero attached hydrogens (tertiary/aromatic N) is 3. The van der Waals surface area contributed by atoms with Crippen molar-refractivity contribution in [2.24, 2.45) is 10.9 Å². The molecule has 1 aliphatic heterocycles. The zero-order valence-electron chi connectivity index (χ0n) is 16.9. The molecule has 2 aromatic heterocycles. The van der Waals surface area contributed by atoms with E-state index in [-0.39, 0.29) is 46.6 Å². The maximum Gasteiger partial charge on any atom is 0.202 e. The van der Waals surface area contributed by atoms with Crippen LogP contribution in [0, 0.1) is 5.82 Å². The van der Waals surface area contributed by atoms with Crippen molar-refractivity contribution in [3.63, 3.8) is 0 Å². The first kappa shape index (κ1) is 20.5. The number of nitrogens with one attached hydrogen (secondary N) is 1. The number of benzene rings is 1. The van der Waals surface area contributed by atoms with Crippen molar-refractivity contribution in [3.05, 3.63) is 57.9 Å². The van der Waals surface area contributed by atoms with Crippen LogP contribution in [0.15, 0.2) is 40.5 Å². The first-order chi connectivity index (χ1) is 14.9. The first-order valence-electron chi connectivity index (χ1n) is 9.88. The van der Waals surface area contributed by atoms with Gasteiger partial charge in [0.15, 0.2) is 17.4 Å². The van der Waals surface area contributed by atoms with E-state index in [1.807, 2.05) is 25.1 Å². The topological polar surface area (TPSA) is 141 Å². The molecule has 0 amide bonds. The van der Waals surface area contributed by atoms with Crippen molar-refractivity contribution >= 4 is 28.1 Å². The molecule has 4 rings (SSSR count). The van der Waals surface area contributed by atoms with Gasteiger partial charge in [-0.1, -0.05) is 11.2 Å². The van der Waals surface area contributed by atoms with Crippen LogP contribution in [0.4, 0.5) is 15.8 Å². The van der Waals surface area contributed by atoms with E-state index in [9.17, 15) is 4.79 Å². The van der Waals surface area contributed by atoms with Gasteiger partial charge in [-0.25, -0.2) is 4.39 Å².